The third-order valence-electron chi connectivity index (χ3n) is 4.92. The zero-order valence-corrected chi connectivity index (χ0v) is 18.0. The fourth-order valence-electron chi connectivity index (χ4n) is 3.21. The van der Waals surface area contributed by atoms with Gasteiger partial charge in [-0.3, -0.25) is 4.79 Å². The number of fused-ring (bicyclic) bond motifs is 1. The molecule has 32 heavy (non-hydrogen) atoms. The molecule has 0 radical (unpaired) electrons. The summed E-state index contributed by atoms with van der Waals surface area (Å²) in [5.74, 6) is -0.944. The molecule has 0 fully saturated rings. The minimum absolute atomic E-state index is 0.146. The maximum Gasteiger partial charge on any atom is 0.328 e. The molecule has 0 aliphatic carbocycles. The van der Waals surface area contributed by atoms with E-state index in [2.05, 4.69) is 18.3 Å². The van der Waals surface area contributed by atoms with Crippen molar-refractivity contribution < 1.29 is 39.4 Å². The van der Waals surface area contributed by atoms with Crippen LogP contribution in [0, 0.1) is 0 Å². The van der Waals surface area contributed by atoms with Crippen molar-refractivity contribution in [3.8, 4) is 11.5 Å². The maximum absolute atomic E-state index is 12.3. The molecule has 2 atom stereocenters. The number of nitrogens with two attached hydrogens (primary N) is 1. The van der Waals surface area contributed by atoms with Gasteiger partial charge in [-0.15, -0.1) is 0 Å². The molecule has 2 aromatic rings. The molecular weight excluding hydrogens is 414 g/mol. The zero-order chi connectivity index (χ0) is 23.5. The van der Waals surface area contributed by atoms with E-state index in [9.17, 15) is 19.5 Å². The van der Waals surface area contributed by atoms with Crippen LogP contribution in [0.4, 0.5) is 0 Å². The van der Waals surface area contributed by atoms with E-state index in [1.807, 2.05) is 36.4 Å². The van der Waals surface area contributed by atoms with E-state index >= 15 is 0 Å². The second kappa shape index (κ2) is 12.3. The Hall–Kier alpha value is -3.65. The Bertz CT molecular complexity index is 929. The minimum atomic E-state index is -1.51. The van der Waals surface area contributed by atoms with Crippen LogP contribution in [0.3, 0.4) is 0 Å². The Morgan fingerprint density at radius 3 is 2.59 bits per heavy atom. The molecule has 0 bridgehead atoms. The molecule has 0 saturated carbocycles. The van der Waals surface area contributed by atoms with Crippen LogP contribution in [0.2, 0.25) is 0 Å². The number of benzene rings is 2. The monoisotopic (exact) mass is 441 g/mol. The van der Waals surface area contributed by atoms with E-state index in [0.29, 0.717) is 30.2 Å². The second-order valence-corrected chi connectivity index (χ2v) is 7.25. The molecule has 8 heteroatoms. The summed E-state index contributed by atoms with van der Waals surface area (Å²) in [4.78, 5) is 31.3. The highest BCUT2D eigenvalue weighted by molar-refractivity contribution is 5.96. The van der Waals surface area contributed by atoms with Crippen LogP contribution >= 0.6 is 0 Å². The van der Waals surface area contributed by atoms with Crippen molar-refractivity contribution in [2.45, 2.75) is 31.9 Å². The predicted molar refractivity (Wildman–Crippen MR) is 115 cm³/mol. The van der Waals surface area contributed by atoms with E-state index in [1.165, 1.54) is 5.56 Å². The summed E-state index contributed by atoms with van der Waals surface area (Å²) in [7, 11) is 1.61. The smallest absolute Gasteiger partial charge is 0.328 e. The molecular formula is C24H27NO7. The summed E-state index contributed by atoms with van der Waals surface area (Å²) >= 11 is 0. The summed E-state index contributed by atoms with van der Waals surface area (Å²) in [6, 6.07) is 15.8. The number of carboxylic acid groups (broad SMARTS) is 2. The fourth-order valence-corrected chi connectivity index (χ4v) is 3.21. The summed E-state index contributed by atoms with van der Waals surface area (Å²) in [5.41, 5.74) is 1.98. The first-order chi connectivity index (χ1) is 15.3. The molecule has 3 N–H and O–H groups in total. The molecule has 0 aromatic heterocycles. The number of para-hydroxylation sites is 1. The summed E-state index contributed by atoms with van der Waals surface area (Å²) < 4.78 is 11.2. The van der Waals surface area contributed by atoms with Gasteiger partial charge in [-0.05, 0) is 36.8 Å². The van der Waals surface area contributed by atoms with Crippen LogP contribution in [0.1, 0.15) is 29.3 Å². The molecule has 1 aliphatic rings. The van der Waals surface area contributed by atoms with Gasteiger partial charge < -0.3 is 29.8 Å². The number of methoxy groups -OCH3 is 1. The second-order valence-electron chi connectivity index (χ2n) is 7.25. The molecule has 0 spiro atoms. The van der Waals surface area contributed by atoms with Gasteiger partial charge in [0.15, 0.2) is 11.9 Å². The molecule has 0 saturated heterocycles. The van der Waals surface area contributed by atoms with Gasteiger partial charge in [0.25, 0.3) is 0 Å². The minimum Gasteiger partial charge on any atom is -0.545 e. The number of rotatable bonds is 9. The third kappa shape index (κ3) is 7.88. The lowest BCUT2D eigenvalue weighted by molar-refractivity contribution is -0.690. The summed E-state index contributed by atoms with van der Waals surface area (Å²) in [6.45, 7) is 2.92. The molecule has 0 amide bonds. The lowest BCUT2D eigenvalue weighted by Gasteiger charge is -2.17. The SMILES string of the molecule is COc1cccc(C(=O)CC[NH2+]C(C)C2Cc3ccccc3O2)c1.O=C([O-])/C=C/C(=O)O. The highest BCUT2D eigenvalue weighted by atomic mass is 16.5. The standard InChI is InChI=1S/C20H23NO3.C4H4O4/c1-14(20-13-16-6-3-4-9-19(16)24-20)21-11-10-18(22)15-7-5-8-17(12-15)23-2;5-3(6)1-2-4(7)8/h3-9,12,14,20-21H,10-11,13H2,1-2H3;1-2H,(H,5,6)(H,7,8)/b;2-1+. The Morgan fingerprint density at radius 1 is 1.22 bits per heavy atom. The number of ketones is 1. The van der Waals surface area contributed by atoms with Crippen LogP contribution in [-0.4, -0.2) is 48.6 Å². The van der Waals surface area contributed by atoms with Crippen molar-refractivity contribution >= 4 is 17.7 Å². The van der Waals surface area contributed by atoms with Crippen molar-refractivity contribution in [3.63, 3.8) is 0 Å². The van der Waals surface area contributed by atoms with E-state index in [1.54, 1.807) is 13.2 Å². The first-order valence-electron chi connectivity index (χ1n) is 10.2. The van der Waals surface area contributed by atoms with Crippen LogP contribution < -0.4 is 19.9 Å². The number of carboxylic acids is 2. The molecule has 170 valence electrons. The predicted octanol–water partition coefficient (Wildman–Crippen LogP) is 0.601. The zero-order valence-electron chi connectivity index (χ0n) is 18.0. The number of quaternary nitrogens is 1. The van der Waals surface area contributed by atoms with Crippen molar-refractivity contribution in [2.75, 3.05) is 13.7 Å². The molecule has 2 unspecified atom stereocenters. The number of Topliss-reactive ketones (excluding diaryl/α,β-unsaturated/α-hetero) is 1. The number of carbonyl (C=O) groups is 3. The Morgan fingerprint density at radius 2 is 1.97 bits per heavy atom. The number of hydrogen-bond acceptors (Lipinski definition) is 6. The van der Waals surface area contributed by atoms with Gasteiger partial charge in [0, 0.05) is 18.1 Å². The molecule has 8 nitrogen and oxygen atoms in total. The maximum atomic E-state index is 12.3. The Labute approximate surface area is 186 Å². The van der Waals surface area contributed by atoms with Gasteiger partial charge in [0.05, 0.1) is 26.0 Å². The first kappa shape index (κ1) is 24.6. The van der Waals surface area contributed by atoms with E-state index < -0.39 is 11.9 Å². The summed E-state index contributed by atoms with van der Waals surface area (Å²) in [6.07, 6.45) is 2.57. The van der Waals surface area contributed by atoms with Crippen molar-refractivity contribution in [3.05, 3.63) is 71.8 Å². The number of hydrogen-bond donors (Lipinski definition) is 2. The highest BCUT2D eigenvalue weighted by Crippen LogP contribution is 2.28. The Balaban J connectivity index is 0.000000390. The lowest BCUT2D eigenvalue weighted by atomic mass is 10.0. The molecule has 1 aliphatic heterocycles. The molecule has 2 aromatic carbocycles. The highest BCUT2D eigenvalue weighted by Gasteiger charge is 2.29. The molecule has 3 rings (SSSR count). The number of aliphatic carboxylic acids is 2. The van der Waals surface area contributed by atoms with Crippen molar-refractivity contribution in [1.82, 2.24) is 0 Å². The van der Waals surface area contributed by atoms with Gasteiger partial charge in [-0.25, -0.2) is 4.79 Å². The first-order valence-corrected chi connectivity index (χ1v) is 10.2. The summed E-state index contributed by atoms with van der Waals surface area (Å²) in [5, 5.41) is 19.4. The van der Waals surface area contributed by atoms with Crippen molar-refractivity contribution in [1.29, 1.82) is 0 Å². The van der Waals surface area contributed by atoms with E-state index in [-0.39, 0.29) is 11.9 Å². The van der Waals surface area contributed by atoms with Crippen LogP contribution in [0.25, 0.3) is 0 Å². The Kier molecular flexibility index (Phi) is 9.43. The molecule has 1 heterocycles. The third-order valence-corrected chi connectivity index (χ3v) is 4.92. The lowest BCUT2D eigenvalue weighted by Crippen LogP contribution is -2.92. The average Bonchev–Trinajstić information content (AvgIpc) is 3.22. The van der Waals surface area contributed by atoms with Gasteiger partial charge >= 0.3 is 5.97 Å². The quantitative estimate of drug-likeness (QED) is 0.431. The van der Waals surface area contributed by atoms with Gasteiger partial charge in [-0.1, -0.05) is 30.3 Å². The van der Waals surface area contributed by atoms with Crippen LogP contribution in [0.15, 0.2) is 60.7 Å². The average molecular weight is 441 g/mol. The number of carbonyl (C=O) groups excluding carboxylic acids is 2. The largest absolute Gasteiger partial charge is 0.545 e. The van der Waals surface area contributed by atoms with Gasteiger partial charge in [0.2, 0.25) is 0 Å². The van der Waals surface area contributed by atoms with Crippen LogP contribution in [-0.2, 0) is 16.0 Å². The van der Waals surface area contributed by atoms with E-state index in [0.717, 1.165) is 24.5 Å². The van der Waals surface area contributed by atoms with E-state index in [4.69, 9.17) is 14.6 Å². The van der Waals surface area contributed by atoms with Gasteiger partial charge in [-0.2, -0.15) is 0 Å². The number of ether oxygens (including phenoxy) is 2. The normalized spacial score (nSPS) is 15.1. The fraction of sp³-hybridized carbons (Fsp3) is 0.292. The van der Waals surface area contributed by atoms with Crippen LogP contribution in [0.5, 0.6) is 11.5 Å². The van der Waals surface area contributed by atoms with Crippen molar-refractivity contribution in [2.24, 2.45) is 0 Å². The van der Waals surface area contributed by atoms with Gasteiger partial charge in [0.1, 0.15) is 17.5 Å². The topological polar surface area (TPSA) is 130 Å².